The van der Waals surface area contributed by atoms with Crippen molar-refractivity contribution >= 4 is 21.9 Å². The Hall–Kier alpha value is -0.700. The van der Waals surface area contributed by atoms with Gasteiger partial charge in [0.2, 0.25) is 0 Å². The van der Waals surface area contributed by atoms with Crippen LogP contribution in [0.15, 0.2) is 24.3 Å². The summed E-state index contributed by atoms with van der Waals surface area (Å²) >= 11 is 6.19. The van der Waals surface area contributed by atoms with Crippen molar-refractivity contribution in [3.05, 3.63) is 34.9 Å². The standard InChI is InChI=1S/C13H18ClNO5S/c1-13(2)19-11(7-8-18-21(15,16)17)12(20-13)9-5-3-4-6-10(9)14/h3-6,11-12H,7-8H2,1-2H3,(H2,15,16,17)/t11-,12-/m1/s1. The molecule has 1 fully saturated rings. The van der Waals surface area contributed by atoms with E-state index in [9.17, 15) is 8.42 Å². The fraction of sp³-hybridized carbons (Fsp3) is 0.538. The van der Waals surface area contributed by atoms with E-state index >= 15 is 0 Å². The Morgan fingerprint density at radius 2 is 2.00 bits per heavy atom. The molecule has 21 heavy (non-hydrogen) atoms. The molecule has 0 unspecified atom stereocenters. The smallest absolute Gasteiger partial charge is 0.333 e. The predicted molar refractivity (Wildman–Crippen MR) is 77.9 cm³/mol. The Morgan fingerprint density at radius 3 is 2.62 bits per heavy atom. The van der Waals surface area contributed by atoms with Crippen molar-refractivity contribution in [1.29, 1.82) is 0 Å². The first-order valence-corrected chi connectivity index (χ1v) is 8.30. The molecule has 0 radical (unpaired) electrons. The summed E-state index contributed by atoms with van der Waals surface area (Å²) in [5.74, 6) is -0.782. The first-order valence-electron chi connectivity index (χ1n) is 6.45. The summed E-state index contributed by atoms with van der Waals surface area (Å²) in [5.41, 5.74) is 0.797. The molecule has 1 heterocycles. The van der Waals surface area contributed by atoms with Gasteiger partial charge in [-0.25, -0.2) is 5.14 Å². The van der Waals surface area contributed by atoms with E-state index in [0.717, 1.165) is 5.56 Å². The fourth-order valence-electron chi connectivity index (χ4n) is 2.30. The molecular formula is C13H18ClNO5S. The average Bonchev–Trinajstić information content (AvgIpc) is 2.63. The zero-order valence-corrected chi connectivity index (χ0v) is 13.4. The van der Waals surface area contributed by atoms with E-state index < -0.39 is 22.2 Å². The summed E-state index contributed by atoms with van der Waals surface area (Å²) in [4.78, 5) is 0. The fourth-order valence-corrected chi connectivity index (χ4v) is 2.87. The normalized spacial score (nSPS) is 25.1. The Morgan fingerprint density at radius 1 is 1.33 bits per heavy atom. The van der Waals surface area contributed by atoms with Crippen molar-refractivity contribution in [1.82, 2.24) is 0 Å². The average molecular weight is 336 g/mol. The van der Waals surface area contributed by atoms with Crippen LogP contribution < -0.4 is 5.14 Å². The van der Waals surface area contributed by atoms with Crippen LogP contribution in [0.2, 0.25) is 5.02 Å². The van der Waals surface area contributed by atoms with Crippen molar-refractivity contribution in [2.45, 2.75) is 38.3 Å². The number of ether oxygens (including phenoxy) is 2. The zero-order valence-electron chi connectivity index (χ0n) is 11.8. The van der Waals surface area contributed by atoms with Gasteiger partial charge in [-0.15, -0.1) is 0 Å². The minimum atomic E-state index is -3.96. The van der Waals surface area contributed by atoms with E-state index in [-0.39, 0.29) is 12.7 Å². The van der Waals surface area contributed by atoms with Crippen LogP contribution in [0.25, 0.3) is 0 Å². The molecule has 6 nitrogen and oxygen atoms in total. The van der Waals surface area contributed by atoms with Crippen molar-refractivity contribution < 1.29 is 22.1 Å². The topological polar surface area (TPSA) is 87.9 Å². The second-order valence-electron chi connectivity index (χ2n) is 5.22. The molecule has 1 aliphatic heterocycles. The minimum Gasteiger partial charge on any atom is -0.344 e. The molecule has 1 aromatic rings. The van der Waals surface area contributed by atoms with E-state index in [1.807, 2.05) is 18.2 Å². The van der Waals surface area contributed by atoms with Gasteiger partial charge in [0.1, 0.15) is 6.10 Å². The maximum atomic E-state index is 10.8. The van der Waals surface area contributed by atoms with Gasteiger partial charge in [0.25, 0.3) is 0 Å². The first-order chi connectivity index (χ1) is 9.68. The molecule has 8 heteroatoms. The molecule has 0 saturated carbocycles. The highest BCUT2D eigenvalue weighted by Gasteiger charge is 2.42. The van der Waals surface area contributed by atoms with E-state index in [0.29, 0.717) is 11.4 Å². The Kier molecular flexibility index (Phi) is 4.92. The van der Waals surface area contributed by atoms with Crippen LogP contribution in [0.5, 0.6) is 0 Å². The number of hydrogen-bond acceptors (Lipinski definition) is 5. The predicted octanol–water partition coefficient (Wildman–Crippen LogP) is 2.14. The largest absolute Gasteiger partial charge is 0.344 e. The van der Waals surface area contributed by atoms with Crippen molar-refractivity contribution in [3.63, 3.8) is 0 Å². The third-order valence-electron chi connectivity index (χ3n) is 3.05. The van der Waals surface area contributed by atoms with Gasteiger partial charge in [-0.05, 0) is 19.9 Å². The highest BCUT2D eigenvalue weighted by Crippen LogP contribution is 2.41. The van der Waals surface area contributed by atoms with Gasteiger partial charge in [-0.3, -0.25) is 4.18 Å². The molecule has 0 spiro atoms. The highest BCUT2D eigenvalue weighted by atomic mass is 35.5. The molecule has 0 aliphatic carbocycles. The third-order valence-corrected chi connectivity index (χ3v) is 3.88. The monoisotopic (exact) mass is 335 g/mol. The van der Waals surface area contributed by atoms with Crippen LogP contribution in [0.3, 0.4) is 0 Å². The highest BCUT2D eigenvalue weighted by molar-refractivity contribution is 7.84. The molecule has 2 atom stereocenters. The van der Waals surface area contributed by atoms with Crippen molar-refractivity contribution in [3.8, 4) is 0 Å². The molecule has 0 bridgehead atoms. The molecular weight excluding hydrogens is 318 g/mol. The first kappa shape index (κ1) is 16.7. The summed E-state index contributed by atoms with van der Waals surface area (Å²) in [6.07, 6.45) is -0.449. The van der Waals surface area contributed by atoms with Crippen LogP contribution in [-0.4, -0.2) is 26.9 Å². The number of halogens is 1. The lowest BCUT2D eigenvalue weighted by molar-refractivity contribution is -0.147. The summed E-state index contributed by atoms with van der Waals surface area (Å²) in [7, 11) is -3.96. The molecule has 2 N–H and O–H groups in total. The summed E-state index contributed by atoms with van der Waals surface area (Å²) in [6, 6.07) is 7.30. The van der Waals surface area contributed by atoms with Crippen molar-refractivity contribution in [2.75, 3.05) is 6.61 Å². The number of rotatable bonds is 5. The van der Waals surface area contributed by atoms with Crippen LogP contribution in [0, 0.1) is 0 Å². The number of nitrogens with two attached hydrogens (primary N) is 1. The maximum absolute atomic E-state index is 10.8. The van der Waals surface area contributed by atoms with E-state index in [2.05, 4.69) is 4.18 Å². The zero-order chi connectivity index (χ0) is 15.7. The summed E-state index contributed by atoms with van der Waals surface area (Å²) < 4.78 is 37.8. The lowest BCUT2D eigenvalue weighted by Crippen LogP contribution is -2.23. The lowest BCUT2D eigenvalue weighted by atomic mass is 10.0. The molecule has 2 rings (SSSR count). The molecule has 0 amide bonds. The van der Waals surface area contributed by atoms with Gasteiger partial charge < -0.3 is 9.47 Å². The van der Waals surface area contributed by atoms with Gasteiger partial charge in [0.15, 0.2) is 5.79 Å². The van der Waals surface area contributed by atoms with Gasteiger partial charge >= 0.3 is 10.3 Å². The second-order valence-corrected chi connectivity index (χ2v) is 6.85. The number of hydrogen-bond donors (Lipinski definition) is 1. The summed E-state index contributed by atoms with van der Waals surface area (Å²) in [6.45, 7) is 3.50. The quantitative estimate of drug-likeness (QED) is 0.890. The minimum absolute atomic E-state index is 0.0795. The Balaban J connectivity index is 2.12. The van der Waals surface area contributed by atoms with Crippen LogP contribution in [0.1, 0.15) is 31.9 Å². The van der Waals surface area contributed by atoms with E-state index in [1.54, 1.807) is 19.9 Å². The third kappa shape index (κ3) is 4.64. The second kappa shape index (κ2) is 6.20. The van der Waals surface area contributed by atoms with Crippen LogP contribution in [-0.2, 0) is 24.0 Å². The lowest BCUT2D eigenvalue weighted by Gasteiger charge is -2.18. The van der Waals surface area contributed by atoms with Gasteiger partial charge in [-0.2, -0.15) is 8.42 Å². The maximum Gasteiger partial charge on any atom is 0.333 e. The van der Waals surface area contributed by atoms with Gasteiger partial charge in [0.05, 0.1) is 12.7 Å². The van der Waals surface area contributed by atoms with Gasteiger partial charge in [-0.1, -0.05) is 29.8 Å². The van der Waals surface area contributed by atoms with Crippen LogP contribution in [0.4, 0.5) is 0 Å². The molecule has 1 aliphatic rings. The van der Waals surface area contributed by atoms with Crippen LogP contribution >= 0.6 is 11.6 Å². The van der Waals surface area contributed by atoms with E-state index in [1.165, 1.54) is 0 Å². The van der Waals surface area contributed by atoms with Gasteiger partial charge in [0, 0.05) is 17.0 Å². The molecule has 1 saturated heterocycles. The SMILES string of the molecule is CC1(C)O[C@H](c2ccccc2Cl)[C@@H](CCOS(N)(=O)=O)O1. The molecule has 0 aromatic heterocycles. The molecule has 118 valence electrons. The Labute approximate surface area is 129 Å². The Bertz CT molecular complexity index is 604. The van der Waals surface area contributed by atoms with E-state index in [4.69, 9.17) is 26.2 Å². The summed E-state index contributed by atoms with van der Waals surface area (Å²) in [5, 5.41) is 5.37. The molecule has 1 aromatic carbocycles. The number of benzene rings is 1. The van der Waals surface area contributed by atoms with Crippen molar-refractivity contribution in [2.24, 2.45) is 5.14 Å².